The Bertz CT molecular complexity index is 1540. The first-order valence-corrected chi connectivity index (χ1v) is 18.9. The van der Waals surface area contributed by atoms with Crippen LogP contribution in [0, 0.1) is 11.8 Å². The minimum Gasteiger partial charge on any atom is -0.484 e. The topological polar surface area (TPSA) is 110 Å². The van der Waals surface area contributed by atoms with Crippen molar-refractivity contribution < 1.29 is 37.1 Å². The van der Waals surface area contributed by atoms with Crippen LogP contribution >= 0.6 is 12.0 Å². The van der Waals surface area contributed by atoms with Gasteiger partial charge in [0.05, 0.1) is 23.0 Å². The maximum Gasteiger partial charge on any atom is 0.240 e. The van der Waals surface area contributed by atoms with Crippen LogP contribution < -0.4 is 4.72 Å². The van der Waals surface area contributed by atoms with E-state index in [0.717, 1.165) is 78.5 Å². The van der Waals surface area contributed by atoms with Gasteiger partial charge in [-0.15, -0.1) is 4.33 Å². The van der Waals surface area contributed by atoms with Gasteiger partial charge in [0.25, 0.3) is 0 Å². The Balaban J connectivity index is 1.73. The zero-order valence-corrected chi connectivity index (χ0v) is 30.0. The molecule has 0 radical (unpaired) electrons. The maximum atomic E-state index is 13.3. The summed E-state index contributed by atoms with van der Waals surface area (Å²) in [5, 5.41) is 13.0. The summed E-state index contributed by atoms with van der Waals surface area (Å²) in [5.41, 5.74) is 4.79. The second-order valence-corrected chi connectivity index (χ2v) is 14.2. The maximum absolute atomic E-state index is 13.3. The second-order valence-electron chi connectivity index (χ2n) is 11.7. The summed E-state index contributed by atoms with van der Waals surface area (Å²) in [5.74, 6) is 1.06. The van der Waals surface area contributed by atoms with Gasteiger partial charge in [0.1, 0.15) is 25.0 Å². The lowest BCUT2D eigenvalue weighted by atomic mass is 9.78. The molecule has 1 aliphatic heterocycles. The van der Waals surface area contributed by atoms with Crippen LogP contribution in [0.1, 0.15) is 59.9 Å². The van der Waals surface area contributed by atoms with Crippen molar-refractivity contribution in [1.82, 2.24) is 9.62 Å². The number of nitrogens with zero attached hydrogens (tertiary/aromatic N) is 2. The molecule has 3 atom stereocenters. The number of allylic oxidation sites excluding steroid dienone is 4. The number of fused-ring (bicyclic) bond motifs is 2. The average Bonchev–Trinajstić information content (AvgIpc) is 3.08. The van der Waals surface area contributed by atoms with Crippen LogP contribution in [0.3, 0.4) is 0 Å². The van der Waals surface area contributed by atoms with Gasteiger partial charge in [0, 0.05) is 61.0 Å². The molecule has 10 nitrogen and oxygen atoms in total. The standard InChI is InChI=1S/C35H49N3O7S2/c1-7-25(6)24-42-20-12-19-36-47(40,41)28-15-18-31(34(23-28)46-45-44-39)35-29-16-13-26(37(8-2)9-3)21-32(29)43-33-22-27(14-17-30(33)35)38(10-4)11-5/h13-18,21-23,25,29,32,36H,7-12,19-20,24H2,1-6H3/p+1. The normalized spacial score (nSPS) is 19.5. The van der Waals surface area contributed by atoms with Crippen LogP contribution in [-0.4, -0.2) is 80.9 Å². The fraction of sp³-hybridized carbons (Fsp3) is 0.514. The van der Waals surface area contributed by atoms with Gasteiger partial charge < -0.3 is 14.4 Å². The summed E-state index contributed by atoms with van der Waals surface area (Å²) >= 11 is 0.751. The predicted octanol–water partition coefficient (Wildman–Crippen LogP) is 6.36. The van der Waals surface area contributed by atoms with E-state index >= 15 is 0 Å². The highest BCUT2D eigenvalue weighted by Gasteiger charge is 2.38. The number of ether oxygens (including phenoxy) is 2. The fourth-order valence-corrected chi connectivity index (χ4v) is 7.67. The van der Waals surface area contributed by atoms with Gasteiger partial charge in [0.15, 0.2) is 0 Å². The Morgan fingerprint density at radius 2 is 1.87 bits per heavy atom. The highest BCUT2D eigenvalue weighted by Crippen LogP contribution is 2.47. The number of likely N-dealkylation sites (N-methyl/N-ethyl adjacent to an activating group) is 1. The van der Waals surface area contributed by atoms with Gasteiger partial charge in [-0.25, -0.2) is 23.0 Å². The van der Waals surface area contributed by atoms with Crippen LogP contribution in [0.5, 0.6) is 0 Å². The first-order valence-electron chi connectivity index (χ1n) is 16.6. The number of sulfonamides is 1. The Morgan fingerprint density at radius 1 is 1.11 bits per heavy atom. The number of benzene rings is 1. The monoisotopic (exact) mass is 688 g/mol. The van der Waals surface area contributed by atoms with Gasteiger partial charge in [-0.3, -0.25) is 0 Å². The van der Waals surface area contributed by atoms with Crippen molar-refractivity contribution >= 4 is 33.4 Å². The number of rotatable bonds is 18. The van der Waals surface area contributed by atoms with E-state index in [9.17, 15) is 8.42 Å². The molecule has 2 N–H and O–H groups in total. The quantitative estimate of drug-likeness (QED) is 0.0599. The minimum atomic E-state index is -3.84. The molecule has 0 saturated carbocycles. The molecule has 0 saturated heterocycles. The Labute approximate surface area is 284 Å². The first kappa shape index (κ1) is 37.1. The molecule has 2 aliphatic carbocycles. The molecule has 258 valence electrons. The third-order valence-corrected chi connectivity index (χ3v) is 10.9. The third kappa shape index (κ3) is 9.05. The molecule has 3 aliphatic rings. The smallest absolute Gasteiger partial charge is 0.240 e. The Hall–Kier alpha value is -2.71. The molecule has 4 rings (SSSR count). The summed E-state index contributed by atoms with van der Waals surface area (Å²) < 4.78 is 48.9. The number of hydrogen-bond donors (Lipinski definition) is 2. The lowest BCUT2D eigenvalue weighted by molar-refractivity contribution is -0.519. The van der Waals surface area contributed by atoms with Crippen LogP contribution in [0.15, 0.2) is 81.5 Å². The third-order valence-electron chi connectivity index (χ3n) is 8.84. The van der Waals surface area contributed by atoms with Gasteiger partial charge >= 0.3 is 0 Å². The van der Waals surface area contributed by atoms with Crippen LogP contribution in [0.4, 0.5) is 0 Å². The van der Waals surface area contributed by atoms with Crippen molar-refractivity contribution in [3.8, 4) is 0 Å². The van der Waals surface area contributed by atoms with Crippen molar-refractivity contribution in [3.05, 3.63) is 77.2 Å². The number of nitrogens with one attached hydrogen (secondary N) is 1. The molecule has 1 aromatic carbocycles. The minimum absolute atomic E-state index is 0.0787. The molecule has 0 spiro atoms. The molecular formula is C35H50N3O7S2+. The molecule has 0 bridgehead atoms. The second kappa shape index (κ2) is 17.6. The van der Waals surface area contributed by atoms with E-state index in [4.69, 9.17) is 19.1 Å². The van der Waals surface area contributed by atoms with Crippen LogP contribution in [0.2, 0.25) is 0 Å². The van der Waals surface area contributed by atoms with E-state index < -0.39 is 10.0 Å². The van der Waals surface area contributed by atoms with Crippen molar-refractivity contribution in [1.29, 1.82) is 0 Å². The van der Waals surface area contributed by atoms with Gasteiger partial charge in [-0.05, 0) is 81.5 Å². The van der Waals surface area contributed by atoms with E-state index in [1.54, 1.807) is 18.2 Å². The zero-order valence-electron chi connectivity index (χ0n) is 28.4. The van der Waals surface area contributed by atoms with Crippen LogP contribution in [0.25, 0.3) is 5.57 Å². The summed E-state index contributed by atoms with van der Waals surface area (Å²) in [4.78, 5) is 2.84. The van der Waals surface area contributed by atoms with E-state index in [0.29, 0.717) is 30.4 Å². The molecule has 47 heavy (non-hydrogen) atoms. The van der Waals surface area contributed by atoms with Crippen molar-refractivity contribution in [3.63, 3.8) is 0 Å². The predicted molar refractivity (Wildman–Crippen MR) is 186 cm³/mol. The molecule has 1 aromatic rings. The summed E-state index contributed by atoms with van der Waals surface area (Å²) in [6.07, 6.45) is 14.0. The summed E-state index contributed by atoms with van der Waals surface area (Å²) in [6.45, 7) is 17.6. The van der Waals surface area contributed by atoms with E-state index in [-0.39, 0.29) is 23.5 Å². The lowest BCUT2D eigenvalue weighted by Crippen LogP contribution is -2.34. The highest BCUT2D eigenvalue weighted by molar-refractivity contribution is 7.94. The molecular weight excluding hydrogens is 639 g/mol. The van der Waals surface area contributed by atoms with E-state index in [1.165, 1.54) is 0 Å². The zero-order chi connectivity index (χ0) is 34.0. The molecule has 0 amide bonds. The summed E-state index contributed by atoms with van der Waals surface area (Å²) in [6, 6.07) is 4.95. The van der Waals surface area contributed by atoms with E-state index in [2.05, 4.69) is 97.2 Å². The van der Waals surface area contributed by atoms with Crippen molar-refractivity contribution in [2.45, 2.75) is 70.3 Å². The molecule has 0 aromatic heterocycles. The van der Waals surface area contributed by atoms with Gasteiger partial charge in [0.2, 0.25) is 15.7 Å². The summed E-state index contributed by atoms with van der Waals surface area (Å²) in [7, 11) is -3.84. The van der Waals surface area contributed by atoms with Gasteiger partial charge in [-0.1, -0.05) is 37.4 Å². The molecule has 1 heterocycles. The van der Waals surface area contributed by atoms with Crippen molar-refractivity contribution in [2.24, 2.45) is 11.8 Å². The van der Waals surface area contributed by atoms with Crippen molar-refractivity contribution in [2.75, 3.05) is 45.9 Å². The SMILES string of the molecule is CCC(C)COCCCNS(=O)(=O)c1ccc(C2=C3C=CC(=[N+](CC)CC)C=C3OC3C=C(N(CC)CC)C=CC23)c(SOOO)c1. The van der Waals surface area contributed by atoms with Crippen LogP contribution in [-0.2, 0) is 28.9 Å². The molecule has 3 unspecified atom stereocenters. The van der Waals surface area contributed by atoms with E-state index in [1.807, 2.05) is 0 Å². The lowest BCUT2D eigenvalue weighted by Gasteiger charge is -2.38. The number of hydrogen-bond acceptors (Lipinski definition) is 9. The largest absolute Gasteiger partial charge is 0.484 e. The first-order chi connectivity index (χ1) is 22.7. The Morgan fingerprint density at radius 3 is 2.55 bits per heavy atom. The highest BCUT2D eigenvalue weighted by atomic mass is 32.2. The Kier molecular flexibility index (Phi) is 13.9. The average molecular weight is 689 g/mol. The fourth-order valence-electron chi connectivity index (χ4n) is 5.95. The molecule has 0 fully saturated rings. The molecule has 12 heteroatoms. The van der Waals surface area contributed by atoms with Gasteiger partial charge in [-0.2, -0.15) is 0 Å².